The lowest BCUT2D eigenvalue weighted by atomic mass is 9.98. The average molecular weight is 408 g/mol. The molecule has 3 N–H and O–H groups in total. The number of carbonyl (C=O) groups excluding carboxylic acids is 1. The highest BCUT2D eigenvalue weighted by atomic mass is 19.1. The molecule has 0 unspecified atom stereocenters. The van der Waals surface area contributed by atoms with Gasteiger partial charge in [0.15, 0.2) is 0 Å². The van der Waals surface area contributed by atoms with Crippen molar-refractivity contribution in [3.63, 3.8) is 0 Å². The van der Waals surface area contributed by atoms with Gasteiger partial charge in [-0.1, -0.05) is 13.8 Å². The van der Waals surface area contributed by atoms with Gasteiger partial charge in [0.1, 0.15) is 17.2 Å². The molecule has 2 heterocycles. The predicted molar refractivity (Wildman–Crippen MR) is 113 cm³/mol. The van der Waals surface area contributed by atoms with E-state index in [2.05, 4.69) is 20.6 Å². The number of aryl methyl sites for hydroxylation is 1. The van der Waals surface area contributed by atoms with Crippen LogP contribution < -0.4 is 16.2 Å². The van der Waals surface area contributed by atoms with Gasteiger partial charge in [-0.2, -0.15) is 0 Å². The molecule has 4 rings (SSSR count). The number of benzene rings is 2. The van der Waals surface area contributed by atoms with E-state index in [-0.39, 0.29) is 17.3 Å². The molecule has 2 aromatic carbocycles. The number of hydrogen-bond donors (Lipinski definition) is 3. The lowest BCUT2D eigenvalue weighted by Crippen LogP contribution is -2.35. The maximum atomic E-state index is 13.6. The number of nitrogens with zero attached hydrogens (tertiary/aromatic N) is 1. The van der Waals surface area contributed by atoms with Crippen LogP contribution in [-0.4, -0.2) is 16.0 Å². The molecule has 0 spiro atoms. The second-order valence-corrected chi connectivity index (χ2v) is 7.52. The van der Waals surface area contributed by atoms with Crippen LogP contribution in [0.3, 0.4) is 0 Å². The smallest absolute Gasteiger partial charge is 0.319 e. The van der Waals surface area contributed by atoms with Gasteiger partial charge in [-0.3, -0.25) is 4.79 Å². The molecule has 0 radical (unpaired) electrons. The van der Waals surface area contributed by atoms with Gasteiger partial charge in [0, 0.05) is 16.6 Å². The Labute approximate surface area is 171 Å². The summed E-state index contributed by atoms with van der Waals surface area (Å²) in [4.78, 5) is 31.2. The van der Waals surface area contributed by atoms with E-state index in [4.69, 9.17) is 4.42 Å². The molecule has 30 heavy (non-hydrogen) atoms. The summed E-state index contributed by atoms with van der Waals surface area (Å²) in [5, 5.41) is 6.73. The maximum Gasteiger partial charge on any atom is 0.319 e. The number of fused-ring (bicyclic) bond motifs is 2. The van der Waals surface area contributed by atoms with Gasteiger partial charge in [0.2, 0.25) is 0 Å². The zero-order chi connectivity index (χ0) is 21.4. The quantitative estimate of drug-likeness (QED) is 0.458. The van der Waals surface area contributed by atoms with Gasteiger partial charge in [0.05, 0.1) is 23.3 Å². The van der Waals surface area contributed by atoms with Crippen molar-refractivity contribution in [2.24, 2.45) is 5.92 Å². The SMILES string of the molecule is Cc1c([C@H](NC(=O)Nc2ccc3nc[nH]c(=O)c3c2)C(C)C)oc2ccc(F)cc12. The molecule has 0 fully saturated rings. The second kappa shape index (κ2) is 7.62. The number of H-pyrrole nitrogens is 1. The normalized spacial score (nSPS) is 12.4. The van der Waals surface area contributed by atoms with Crippen LogP contribution >= 0.6 is 0 Å². The fraction of sp³-hybridized carbons (Fsp3) is 0.227. The summed E-state index contributed by atoms with van der Waals surface area (Å²) < 4.78 is 19.6. The summed E-state index contributed by atoms with van der Waals surface area (Å²) in [6.07, 6.45) is 1.33. The highest BCUT2D eigenvalue weighted by molar-refractivity contribution is 5.92. The third-order valence-corrected chi connectivity index (χ3v) is 5.07. The number of nitrogens with one attached hydrogen (secondary N) is 3. The minimum atomic E-state index is -0.445. The maximum absolute atomic E-state index is 13.6. The molecule has 0 saturated heterocycles. The van der Waals surface area contributed by atoms with Crippen molar-refractivity contribution in [2.45, 2.75) is 26.8 Å². The van der Waals surface area contributed by atoms with Gasteiger partial charge in [-0.15, -0.1) is 0 Å². The first-order valence-corrected chi connectivity index (χ1v) is 9.57. The Balaban J connectivity index is 1.59. The van der Waals surface area contributed by atoms with Crippen molar-refractivity contribution in [2.75, 3.05) is 5.32 Å². The molecule has 7 nitrogen and oxygen atoms in total. The Morgan fingerprint density at radius 1 is 1.17 bits per heavy atom. The van der Waals surface area contributed by atoms with Crippen molar-refractivity contribution >= 4 is 33.6 Å². The number of aromatic amines is 1. The Kier molecular flexibility index (Phi) is 4.99. The van der Waals surface area contributed by atoms with E-state index in [1.54, 1.807) is 24.3 Å². The van der Waals surface area contributed by atoms with Crippen molar-refractivity contribution in [3.8, 4) is 0 Å². The first kappa shape index (κ1) is 19.6. The van der Waals surface area contributed by atoms with Gasteiger partial charge in [0.25, 0.3) is 5.56 Å². The van der Waals surface area contributed by atoms with E-state index in [9.17, 15) is 14.0 Å². The molecule has 0 saturated carbocycles. The van der Waals surface area contributed by atoms with Crippen LogP contribution in [0, 0.1) is 18.7 Å². The lowest BCUT2D eigenvalue weighted by Gasteiger charge is -2.21. The zero-order valence-corrected chi connectivity index (χ0v) is 16.7. The number of hydrogen-bond acceptors (Lipinski definition) is 4. The number of halogens is 1. The number of amides is 2. The van der Waals surface area contributed by atoms with Crippen molar-refractivity contribution in [3.05, 3.63) is 70.2 Å². The van der Waals surface area contributed by atoms with Gasteiger partial charge >= 0.3 is 6.03 Å². The molecule has 0 bridgehead atoms. The van der Waals surface area contributed by atoms with E-state index in [1.165, 1.54) is 18.5 Å². The van der Waals surface area contributed by atoms with E-state index < -0.39 is 12.1 Å². The highest BCUT2D eigenvalue weighted by Gasteiger charge is 2.25. The van der Waals surface area contributed by atoms with E-state index in [1.807, 2.05) is 20.8 Å². The van der Waals surface area contributed by atoms with E-state index in [0.717, 1.165) is 5.56 Å². The van der Waals surface area contributed by atoms with Gasteiger partial charge in [-0.25, -0.2) is 14.2 Å². The van der Waals surface area contributed by atoms with Crippen LogP contribution in [-0.2, 0) is 0 Å². The molecular formula is C22H21FN4O3. The monoisotopic (exact) mass is 408 g/mol. The summed E-state index contributed by atoms with van der Waals surface area (Å²) in [7, 11) is 0. The van der Waals surface area contributed by atoms with Crippen molar-refractivity contribution < 1.29 is 13.6 Å². The van der Waals surface area contributed by atoms with E-state index in [0.29, 0.717) is 33.3 Å². The Morgan fingerprint density at radius 3 is 2.73 bits per heavy atom. The van der Waals surface area contributed by atoms with Crippen molar-refractivity contribution in [1.29, 1.82) is 0 Å². The van der Waals surface area contributed by atoms with E-state index >= 15 is 0 Å². The molecule has 154 valence electrons. The molecule has 0 aliphatic rings. The molecule has 8 heteroatoms. The van der Waals surface area contributed by atoms with Crippen molar-refractivity contribution in [1.82, 2.24) is 15.3 Å². The molecule has 2 aromatic heterocycles. The topological polar surface area (TPSA) is 100 Å². The molecule has 1 atom stereocenters. The van der Waals surface area contributed by atoms with Gasteiger partial charge < -0.3 is 20.0 Å². The molecule has 4 aromatic rings. The summed E-state index contributed by atoms with van der Waals surface area (Å²) >= 11 is 0. The fourth-order valence-electron chi connectivity index (χ4n) is 3.50. The molecule has 2 amide bonds. The predicted octanol–water partition coefficient (Wildman–Crippen LogP) is 4.64. The number of anilines is 1. The summed E-state index contributed by atoms with van der Waals surface area (Å²) in [6.45, 7) is 5.76. The van der Waals surface area contributed by atoms with Crippen LogP contribution in [0.1, 0.15) is 31.2 Å². The molecular weight excluding hydrogens is 387 g/mol. The minimum Gasteiger partial charge on any atom is -0.459 e. The first-order chi connectivity index (χ1) is 14.3. The number of aromatic nitrogens is 2. The third kappa shape index (κ3) is 3.63. The largest absolute Gasteiger partial charge is 0.459 e. The van der Waals surface area contributed by atoms with Gasteiger partial charge in [-0.05, 0) is 49.2 Å². The first-order valence-electron chi connectivity index (χ1n) is 9.57. The van der Waals surface area contributed by atoms with Crippen LogP contribution in [0.15, 0.2) is 51.9 Å². The second-order valence-electron chi connectivity index (χ2n) is 7.52. The summed E-state index contributed by atoms with van der Waals surface area (Å²) in [5.41, 5.74) is 2.07. The highest BCUT2D eigenvalue weighted by Crippen LogP contribution is 2.33. The lowest BCUT2D eigenvalue weighted by molar-refractivity contribution is 0.241. The van der Waals surface area contributed by atoms with Crippen LogP contribution in [0.5, 0.6) is 0 Å². The standard InChI is InChI=1S/C22H21FN4O3/c1-11(2)19(20-12(3)15-8-13(23)4-7-18(15)30-20)27-22(29)26-14-5-6-17-16(9-14)21(28)25-10-24-17/h4-11,19H,1-3H3,(H,24,25,28)(H2,26,27,29)/t19-/m1/s1. The number of rotatable bonds is 4. The van der Waals surface area contributed by atoms with Crippen LogP contribution in [0.4, 0.5) is 14.9 Å². The summed E-state index contributed by atoms with van der Waals surface area (Å²) in [6, 6.07) is 8.39. The fourth-order valence-corrected chi connectivity index (χ4v) is 3.50. The molecule has 0 aliphatic carbocycles. The Morgan fingerprint density at radius 2 is 1.97 bits per heavy atom. The zero-order valence-electron chi connectivity index (χ0n) is 16.7. The number of urea groups is 1. The molecule has 0 aliphatic heterocycles. The number of furan rings is 1. The van der Waals surface area contributed by atoms with Crippen LogP contribution in [0.25, 0.3) is 21.9 Å². The Bertz CT molecular complexity index is 1310. The average Bonchev–Trinajstić information content (AvgIpc) is 3.02. The van der Waals surface area contributed by atoms with Crippen LogP contribution in [0.2, 0.25) is 0 Å². The number of carbonyl (C=O) groups is 1. The summed E-state index contributed by atoms with van der Waals surface area (Å²) in [5.74, 6) is 0.258. The minimum absolute atomic E-state index is 0.0171. The Hall–Kier alpha value is -3.68. The third-order valence-electron chi connectivity index (χ3n) is 5.07.